The van der Waals surface area contributed by atoms with Crippen LogP contribution >= 0.6 is 11.8 Å². The third-order valence-electron chi connectivity index (χ3n) is 3.17. The fourth-order valence-electron chi connectivity index (χ4n) is 2.25. The summed E-state index contributed by atoms with van der Waals surface area (Å²) in [5.41, 5.74) is -0.295. The number of rotatable bonds is 1. The molecule has 0 amide bonds. The minimum absolute atomic E-state index is 0.282. The third kappa shape index (κ3) is 1.73. The maximum Gasteiger partial charge on any atom is 0.175 e. The largest absolute Gasteiger partial charge is 0.366 e. The van der Waals surface area contributed by atoms with Gasteiger partial charge in [-0.05, 0) is 18.6 Å². The second-order valence-electron chi connectivity index (χ2n) is 4.28. The summed E-state index contributed by atoms with van der Waals surface area (Å²) in [4.78, 5) is 6.33. The fourth-order valence-corrected chi connectivity index (χ4v) is 3.48. The fraction of sp³-hybridized carbons (Fsp3) is 0.417. The molecule has 1 aromatic rings. The number of nitrogens with zero attached hydrogens (tertiary/aromatic N) is 2. The van der Waals surface area contributed by atoms with Crippen LogP contribution in [0.25, 0.3) is 0 Å². The average molecular weight is 252 g/mol. The molecule has 1 saturated heterocycles. The van der Waals surface area contributed by atoms with Crippen LogP contribution in [0.2, 0.25) is 0 Å². The molecule has 0 aliphatic carbocycles. The van der Waals surface area contributed by atoms with Gasteiger partial charge in [-0.25, -0.2) is 4.39 Å². The first-order chi connectivity index (χ1) is 8.20. The van der Waals surface area contributed by atoms with Crippen molar-refractivity contribution in [2.75, 3.05) is 18.8 Å². The lowest BCUT2D eigenvalue weighted by molar-refractivity contribution is -0.0497. The molecule has 1 unspecified atom stereocenters. The quantitative estimate of drug-likeness (QED) is 0.827. The summed E-state index contributed by atoms with van der Waals surface area (Å²) in [6.45, 7) is 1.64. The van der Waals surface area contributed by atoms with Crippen molar-refractivity contribution in [3.8, 4) is 0 Å². The molecule has 0 aromatic heterocycles. The molecule has 1 atom stereocenters. The molecular weight excluding hydrogens is 239 g/mol. The van der Waals surface area contributed by atoms with Gasteiger partial charge in [-0.1, -0.05) is 23.9 Å². The van der Waals surface area contributed by atoms with Crippen molar-refractivity contribution in [2.45, 2.75) is 12.1 Å². The Balaban J connectivity index is 1.98. The van der Waals surface area contributed by atoms with Crippen molar-refractivity contribution in [1.29, 1.82) is 0 Å². The molecule has 17 heavy (non-hydrogen) atoms. The van der Waals surface area contributed by atoms with Gasteiger partial charge in [0.1, 0.15) is 5.82 Å². The summed E-state index contributed by atoms with van der Waals surface area (Å²) in [6.07, 6.45) is 0.952. The van der Waals surface area contributed by atoms with E-state index in [2.05, 4.69) is 4.99 Å². The number of fused-ring (bicyclic) bond motifs is 1. The van der Waals surface area contributed by atoms with Gasteiger partial charge in [0.15, 0.2) is 10.9 Å². The SMILES string of the molecule is OC1(c2ccc(F)cc2)CSC2=NCCCN21. The van der Waals surface area contributed by atoms with Crippen LogP contribution in [0.15, 0.2) is 29.3 Å². The van der Waals surface area contributed by atoms with Crippen LogP contribution in [0.3, 0.4) is 0 Å². The molecule has 0 spiro atoms. The summed E-state index contributed by atoms with van der Waals surface area (Å²) in [5.74, 6) is 0.271. The van der Waals surface area contributed by atoms with Crippen LogP contribution in [0, 0.1) is 5.82 Å². The Morgan fingerprint density at radius 2 is 2.12 bits per heavy atom. The Bertz CT molecular complexity index is 462. The number of hydrogen-bond acceptors (Lipinski definition) is 4. The van der Waals surface area contributed by atoms with Gasteiger partial charge >= 0.3 is 0 Å². The zero-order chi connectivity index (χ0) is 11.9. The summed E-state index contributed by atoms with van der Waals surface area (Å²) >= 11 is 1.56. The van der Waals surface area contributed by atoms with E-state index >= 15 is 0 Å². The first-order valence-electron chi connectivity index (χ1n) is 5.63. The zero-order valence-corrected chi connectivity index (χ0v) is 10.1. The lowest BCUT2D eigenvalue weighted by Gasteiger charge is -2.36. The Labute approximate surface area is 103 Å². The van der Waals surface area contributed by atoms with Crippen molar-refractivity contribution in [1.82, 2.24) is 4.90 Å². The number of benzene rings is 1. The summed E-state index contributed by atoms with van der Waals surface area (Å²) in [6, 6.07) is 6.06. The average Bonchev–Trinajstić information content (AvgIpc) is 2.70. The van der Waals surface area contributed by atoms with Crippen molar-refractivity contribution in [2.24, 2.45) is 4.99 Å². The lowest BCUT2D eigenvalue weighted by atomic mass is 10.0. The van der Waals surface area contributed by atoms with Crippen LogP contribution in [0.4, 0.5) is 4.39 Å². The van der Waals surface area contributed by atoms with Crippen LogP contribution in [0.1, 0.15) is 12.0 Å². The smallest absolute Gasteiger partial charge is 0.175 e. The molecule has 0 bridgehead atoms. The van der Waals surface area contributed by atoms with Gasteiger partial charge in [-0.15, -0.1) is 0 Å². The van der Waals surface area contributed by atoms with Crippen molar-refractivity contribution in [3.05, 3.63) is 35.6 Å². The van der Waals surface area contributed by atoms with Gasteiger partial charge in [-0.2, -0.15) is 0 Å². The topological polar surface area (TPSA) is 35.8 Å². The van der Waals surface area contributed by atoms with Crippen LogP contribution < -0.4 is 0 Å². The van der Waals surface area contributed by atoms with Crippen LogP contribution in [-0.2, 0) is 5.72 Å². The van der Waals surface area contributed by atoms with Gasteiger partial charge in [0.25, 0.3) is 0 Å². The highest BCUT2D eigenvalue weighted by atomic mass is 32.2. The number of thioether (sulfide) groups is 1. The molecule has 2 aliphatic heterocycles. The number of hydrogen-bond donors (Lipinski definition) is 1. The second-order valence-corrected chi connectivity index (χ2v) is 5.22. The van der Waals surface area contributed by atoms with Gasteiger partial charge in [0.2, 0.25) is 0 Å². The number of aliphatic hydroxyl groups is 1. The van der Waals surface area contributed by atoms with Gasteiger partial charge in [0.05, 0.1) is 5.75 Å². The standard InChI is InChI=1S/C12H13FN2OS/c13-10-4-2-9(3-5-10)12(16)8-17-11-14-6-1-7-15(11)12/h2-5,16H,1,6-8H2. The third-order valence-corrected chi connectivity index (χ3v) is 4.33. The number of halogens is 1. The number of amidine groups is 1. The van der Waals surface area contributed by atoms with E-state index in [0.717, 1.165) is 30.2 Å². The lowest BCUT2D eigenvalue weighted by Crippen LogP contribution is -2.46. The molecular formula is C12H13FN2OS. The van der Waals surface area contributed by atoms with E-state index in [0.29, 0.717) is 5.75 Å². The predicted molar refractivity (Wildman–Crippen MR) is 66.4 cm³/mol. The van der Waals surface area contributed by atoms with Crippen LogP contribution in [-0.4, -0.2) is 34.0 Å². The maximum absolute atomic E-state index is 12.9. The van der Waals surface area contributed by atoms with E-state index < -0.39 is 5.72 Å². The Hall–Kier alpha value is -1.07. The molecule has 2 aliphatic rings. The van der Waals surface area contributed by atoms with E-state index in [9.17, 15) is 9.50 Å². The highest BCUT2D eigenvalue weighted by Gasteiger charge is 2.45. The molecule has 3 nitrogen and oxygen atoms in total. The monoisotopic (exact) mass is 252 g/mol. The van der Waals surface area contributed by atoms with Crippen molar-refractivity contribution >= 4 is 16.9 Å². The minimum atomic E-state index is -1.03. The highest BCUT2D eigenvalue weighted by Crippen LogP contribution is 2.40. The van der Waals surface area contributed by atoms with E-state index in [4.69, 9.17) is 0 Å². The zero-order valence-electron chi connectivity index (χ0n) is 9.27. The van der Waals surface area contributed by atoms with Crippen LogP contribution in [0.5, 0.6) is 0 Å². The second kappa shape index (κ2) is 3.99. The highest BCUT2D eigenvalue weighted by molar-refractivity contribution is 8.14. The molecule has 5 heteroatoms. The van der Waals surface area contributed by atoms with E-state index in [1.54, 1.807) is 23.9 Å². The first kappa shape index (κ1) is 11.0. The normalized spacial score (nSPS) is 27.9. The summed E-state index contributed by atoms with van der Waals surface area (Å²) in [5, 5.41) is 11.7. The van der Waals surface area contributed by atoms with Gasteiger partial charge in [0, 0.05) is 18.7 Å². The molecule has 90 valence electrons. The Kier molecular flexibility index (Phi) is 2.60. The Morgan fingerprint density at radius 3 is 2.88 bits per heavy atom. The van der Waals surface area contributed by atoms with E-state index in [1.807, 2.05) is 4.90 Å². The molecule has 1 fully saturated rings. The summed E-state index contributed by atoms with van der Waals surface area (Å²) in [7, 11) is 0. The summed E-state index contributed by atoms with van der Waals surface area (Å²) < 4.78 is 12.9. The van der Waals surface area contributed by atoms with E-state index in [-0.39, 0.29) is 5.82 Å². The number of aliphatic imine (C=N–C) groups is 1. The predicted octanol–water partition coefficient (Wildman–Crippen LogP) is 1.78. The molecule has 0 saturated carbocycles. The van der Waals surface area contributed by atoms with E-state index in [1.165, 1.54) is 12.1 Å². The van der Waals surface area contributed by atoms with Gasteiger partial charge in [-0.3, -0.25) is 4.99 Å². The molecule has 2 heterocycles. The minimum Gasteiger partial charge on any atom is -0.366 e. The molecule has 3 rings (SSSR count). The maximum atomic E-state index is 12.9. The van der Waals surface area contributed by atoms with Gasteiger partial charge < -0.3 is 10.0 Å². The Morgan fingerprint density at radius 1 is 1.35 bits per heavy atom. The first-order valence-corrected chi connectivity index (χ1v) is 6.62. The van der Waals surface area contributed by atoms with Crippen molar-refractivity contribution in [3.63, 3.8) is 0 Å². The molecule has 1 aromatic carbocycles. The van der Waals surface area contributed by atoms with Crippen molar-refractivity contribution < 1.29 is 9.50 Å². The molecule has 0 radical (unpaired) electrons. The molecule has 1 N–H and O–H groups in total.